The lowest BCUT2D eigenvalue weighted by Crippen LogP contribution is -2.48. The number of benzene rings is 1. The number of carbonyl (C=O) groups excluding carboxylic acids is 1. The quantitative estimate of drug-likeness (QED) is 0.928. The first kappa shape index (κ1) is 15.5. The van der Waals surface area contributed by atoms with Crippen molar-refractivity contribution in [2.45, 2.75) is 37.6 Å². The zero-order chi connectivity index (χ0) is 15.6. The van der Waals surface area contributed by atoms with Gasteiger partial charge in [-0.3, -0.25) is 4.79 Å². The Morgan fingerprint density at radius 3 is 2.68 bits per heavy atom. The lowest BCUT2D eigenvalue weighted by molar-refractivity contribution is -0.133. The summed E-state index contributed by atoms with van der Waals surface area (Å²) < 4.78 is 5.37. The van der Waals surface area contributed by atoms with Crippen LogP contribution in [0.2, 0.25) is 0 Å². The standard InChI is InChI=1S/C18H26N2O2/c1-18(15-5-3-2-4-6-15)9-10-20(13-18)17(21)16(19)14-7-11-22-12-8-14/h2-6,14,16H,7-13,19H2,1H3. The van der Waals surface area contributed by atoms with E-state index in [1.807, 2.05) is 11.0 Å². The van der Waals surface area contributed by atoms with Crippen LogP contribution in [0.1, 0.15) is 31.7 Å². The van der Waals surface area contributed by atoms with Crippen molar-refractivity contribution in [2.75, 3.05) is 26.3 Å². The summed E-state index contributed by atoms with van der Waals surface area (Å²) in [4.78, 5) is 14.7. The van der Waals surface area contributed by atoms with Gasteiger partial charge >= 0.3 is 0 Å². The highest BCUT2D eigenvalue weighted by molar-refractivity contribution is 5.82. The molecule has 1 aromatic carbocycles. The third kappa shape index (κ3) is 3.03. The van der Waals surface area contributed by atoms with Gasteiger partial charge in [-0.25, -0.2) is 0 Å². The molecule has 2 heterocycles. The van der Waals surface area contributed by atoms with Gasteiger partial charge in [0.05, 0.1) is 6.04 Å². The Balaban J connectivity index is 1.65. The molecule has 2 fully saturated rings. The number of nitrogens with zero attached hydrogens (tertiary/aromatic N) is 1. The summed E-state index contributed by atoms with van der Waals surface area (Å²) in [5.41, 5.74) is 7.61. The molecule has 1 aromatic rings. The highest BCUT2D eigenvalue weighted by atomic mass is 16.5. The van der Waals surface area contributed by atoms with Gasteiger partial charge in [-0.15, -0.1) is 0 Å². The molecule has 0 bridgehead atoms. The SMILES string of the molecule is CC1(c2ccccc2)CCN(C(=O)C(N)C2CCOCC2)C1. The van der Waals surface area contributed by atoms with Gasteiger partial charge in [0.1, 0.15) is 0 Å². The summed E-state index contributed by atoms with van der Waals surface area (Å²) >= 11 is 0. The number of nitrogens with two attached hydrogens (primary N) is 1. The zero-order valence-corrected chi connectivity index (χ0v) is 13.3. The molecular formula is C18H26N2O2. The highest BCUT2D eigenvalue weighted by Crippen LogP contribution is 2.34. The lowest BCUT2D eigenvalue weighted by atomic mass is 9.82. The van der Waals surface area contributed by atoms with Crippen molar-refractivity contribution in [3.63, 3.8) is 0 Å². The van der Waals surface area contributed by atoms with Crippen LogP contribution in [0.3, 0.4) is 0 Å². The van der Waals surface area contributed by atoms with E-state index < -0.39 is 0 Å². The summed E-state index contributed by atoms with van der Waals surface area (Å²) in [6.45, 7) is 5.28. The Kier molecular flexibility index (Phi) is 4.50. The van der Waals surface area contributed by atoms with Crippen LogP contribution in [-0.2, 0) is 14.9 Å². The third-order valence-corrected chi connectivity index (χ3v) is 5.31. The summed E-state index contributed by atoms with van der Waals surface area (Å²) in [5.74, 6) is 0.386. The second-order valence-corrected chi connectivity index (χ2v) is 6.91. The van der Waals surface area contributed by atoms with Crippen LogP contribution < -0.4 is 5.73 Å². The largest absolute Gasteiger partial charge is 0.381 e. The Morgan fingerprint density at radius 1 is 1.32 bits per heavy atom. The van der Waals surface area contributed by atoms with Crippen LogP contribution in [0, 0.1) is 5.92 Å². The third-order valence-electron chi connectivity index (χ3n) is 5.31. The van der Waals surface area contributed by atoms with Gasteiger partial charge in [0.2, 0.25) is 5.91 Å². The fourth-order valence-electron chi connectivity index (χ4n) is 3.71. The number of ether oxygens (including phenoxy) is 1. The summed E-state index contributed by atoms with van der Waals surface area (Å²) in [6, 6.07) is 10.1. The van der Waals surface area contributed by atoms with Crippen molar-refractivity contribution in [3.05, 3.63) is 35.9 Å². The number of amides is 1. The van der Waals surface area contributed by atoms with Gasteiger partial charge in [-0.2, -0.15) is 0 Å². The Bertz CT molecular complexity index is 513. The molecule has 3 rings (SSSR count). The molecule has 2 atom stereocenters. The maximum Gasteiger partial charge on any atom is 0.239 e. The van der Waals surface area contributed by atoms with Gasteiger partial charge in [-0.1, -0.05) is 37.3 Å². The fourth-order valence-corrected chi connectivity index (χ4v) is 3.71. The topological polar surface area (TPSA) is 55.6 Å². The summed E-state index contributed by atoms with van der Waals surface area (Å²) in [5, 5.41) is 0. The first-order chi connectivity index (χ1) is 10.6. The van der Waals surface area contributed by atoms with E-state index in [0.717, 1.165) is 45.6 Å². The highest BCUT2D eigenvalue weighted by Gasteiger charge is 2.40. The molecule has 120 valence electrons. The molecular weight excluding hydrogens is 276 g/mol. The van der Waals surface area contributed by atoms with Gasteiger partial charge in [0, 0.05) is 31.7 Å². The molecule has 2 unspecified atom stereocenters. The first-order valence-corrected chi connectivity index (χ1v) is 8.28. The lowest BCUT2D eigenvalue weighted by Gasteiger charge is -2.31. The van der Waals surface area contributed by atoms with Crippen molar-refractivity contribution in [3.8, 4) is 0 Å². The molecule has 2 aliphatic rings. The average molecular weight is 302 g/mol. The van der Waals surface area contributed by atoms with Crippen LogP contribution in [0.5, 0.6) is 0 Å². The maximum absolute atomic E-state index is 12.7. The van der Waals surface area contributed by atoms with Gasteiger partial charge < -0.3 is 15.4 Å². The Hall–Kier alpha value is -1.39. The number of carbonyl (C=O) groups is 1. The number of rotatable bonds is 3. The van der Waals surface area contributed by atoms with E-state index in [9.17, 15) is 4.79 Å². The van der Waals surface area contributed by atoms with Crippen molar-refractivity contribution in [1.82, 2.24) is 4.90 Å². The summed E-state index contributed by atoms with van der Waals surface area (Å²) in [6.07, 6.45) is 2.80. The average Bonchev–Trinajstić information content (AvgIpc) is 2.99. The molecule has 0 aromatic heterocycles. The molecule has 2 saturated heterocycles. The maximum atomic E-state index is 12.7. The fraction of sp³-hybridized carbons (Fsp3) is 0.611. The van der Waals surface area contributed by atoms with E-state index in [1.165, 1.54) is 5.56 Å². The normalized spacial score (nSPS) is 27.8. The summed E-state index contributed by atoms with van der Waals surface area (Å²) in [7, 11) is 0. The van der Waals surface area contributed by atoms with E-state index in [2.05, 4.69) is 31.2 Å². The monoisotopic (exact) mass is 302 g/mol. The Labute approximate surface area is 132 Å². The molecule has 0 spiro atoms. The van der Waals surface area contributed by atoms with Crippen molar-refractivity contribution >= 4 is 5.91 Å². The van der Waals surface area contributed by atoms with Gasteiger partial charge in [0.15, 0.2) is 0 Å². The van der Waals surface area contributed by atoms with Crippen LogP contribution in [0.25, 0.3) is 0 Å². The van der Waals surface area contributed by atoms with Gasteiger partial charge in [0.25, 0.3) is 0 Å². The number of hydrogen-bond donors (Lipinski definition) is 1. The van der Waals surface area contributed by atoms with Crippen LogP contribution >= 0.6 is 0 Å². The predicted octanol–water partition coefficient (Wildman–Crippen LogP) is 1.93. The molecule has 0 saturated carbocycles. The van der Waals surface area contributed by atoms with Crippen molar-refractivity contribution < 1.29 is 9.53 Å². The zero-order valence-electron chi connectivity index (χ0n) is 13.3. The second-order valence-electron chi connectivity index (χ2n) is 6.91. The molecule has 1 amide bonds. The van der Waals surface area contributed by atoms with E-state index >= 15 is 0 Å². The van der Waals surface area contributed by atoms with E-state index in [4.69, 9.17) is 10.5 Å². The van der Waals surface area contributed by atoms with E-state index in [-0.39, 0.29) is 23.3 Å². The first-order valence-electron chi connectivity index (χ1n) is 8.28. The Morgan fingerprint density at radius 2 is 2.00 bits per heavy atom. The van der Waals surface area contributed by atoms with Gasteiger partial charge in [-0.05, 0) is 30.7 Å². The number of likely N-dealkylation sites (tertiary alicyclic amines) is 1. The minimum Gasteiger partial charge on any atom is -0.381 e. The smallest absolute Gasteiger partial charge is 0.239 e. The molecule has 2 N–H and O–H groups in total. The van der Waals surface area contributed by atoms with E-state index in [0.29, 0.717) is 0 Å². The minimum absolute atomic E-state index is 0.0479. The molecule has 4 nitrogen and oxygen atoms in total. The van der Waals surface area contributed by atoms with Crippen LogP contribution in [0.15, 0.2) is 30.3 Å². The van der Waals surface area contributed by atoms with Crippen LogP contribution in [0.4, 0.5) is 0 Å². The van der Waals surface area contributed by atoms with Crippen molar-refractivity contribution in [2.24, 2.45) is 11.7 Å². The van der Waals surface area contributed by atoms with E-state index in [1.54, 1.807) is 0 Å². The minimum atomic E-state index is -0.373. The van der Waals surface area contributed by atoms with Crippen molar-refractivity contribution in [1.29, 1.82) is 0 Å². The molecule has 22 heavy (non-hydrogen) atoms. The molecule has 0 aliphatic carbocycles. The second kappa shape index (κ2) is 6.39. The molecule has 4 heteroatoms. The molecule has 2 aliphatic heterocycles. The molecule has 0 radical (unpaired) electrons. The number of hydrogen-bond acceptors (Lipinski definition) is 3. The predicted molar refractivity (Wildman–Crippen MR) is 86.5 cm³/mol. The van der Waals surface area contributed by atoms with Crippen LogP contribution in [-0.4, -0.2) is 43.2 Å².